The van der Waals surface area contributed by atoms with Gasteiger partial charge in [0.05, 0.1) is 13.2 Å². The van der Waals surface area contributed by atoms with Gasteiger partial charge in [-0.3, -0.25) is 4.79 Å². The number of aliphatic hydroxyl groups excluding tert-OH is 1. The molecule has 0 bridgehead atoms. The van der Waals surface area contributed by atoms with Gasteiger partial charge in [-0.15, -0.1) is 0 Å². The van der Waals surface area contributed by atoms with Crippen molar-refractivity contribution in [2.45, 2.75) is 141 Å². The van der Waals surface area contributed by atoms with Crippen LogP contribution in [0.25, 0.3) is 0 Å². The van der Waals surface area contributed by atoms with E-state index in [1.165, 1.54) is 84.2 Å². The summed E-state index contributed by atoms with van der Waals surface area (Å²) in [4.78, 5) is 11.0. The van der Waals surface area contributed by atoms with Crippen molar-refractivity contribution >= 4 is 5.97 Å². The van der Waals surface area contributed by atoms with Gasteiger partial charge in [-0.05, 0) is 19.3 Å². The summed E-state index contributed by atoms with van der Waals surface area (Å²) < 4.78 is 4.63. The highest BCUT2D eigenvalue weighted by Crippen LogP contribution is 2.15. The van der Waals surface area contributed by atoms with E-state index < -0.39 is 0 Å². The molecule has 27 heavy (non-hydrogen) atoms. The van der Waals surface area contributed by atoms with Crippen LogP contribution in [0.1, 0.15) is 135 Å². The van der Waals surface area contributed by atoms with Gasteiger partial charge in [0, 0.05) is 6.42 Å². The first-order valence-electron chi connectivity index (χ1n) is 12.0. The number of hydrogen-bond acceptors (Lipinski definition) is 3. The summed E-state index contributed by atoms with van der Waals surface area (Å²) in [6.07, 6.45) is 24.2. The maximum atomic E-state index is 11.0. The standard InChI is InChI=1S/C24H48O3/c1-3-4-5-6-7-8-9-10-11-12-14-17-20-23(25)21-18-15-13-16-19-22-24(26)27-2/h23,25H,3-22H2,1-2H3. The zero-order valence-corrected chi connectivity index (χ0v) is 18.5. The molecule has 0 spiro atoms. The van der Waals surface area contributed by atoms with Gasteiger partial charge in [0.15, 0.2) is 0 Å². The minimum atomic E-state index is -0.108. The maximum absolute atomic E-state index is 11.0. The molecule has 3 nitrogen and oxygen atoms in total. The number of aliphatic hydroxyl groups is 1. The van der Waals surface area contributed by atoms with E-state index in [0.717, 1.165) is 44.9 Å². The van der Waals surface area contributed by atoms with Gasteiger partial charge >= 0.3 is 5.97 Å². The molecule has 0 saturated carbocycles. The predicted octanol–water partition coefficient (Wildman–Crippen LogP) is 7.34. The predicted molar refractivity (Wildman–Crippen MR) is 116 cm³/mol. The molecule has 0 radical (unpaired) electrons. The number of unbranched alkanes of at least 4 members (excludes halogenated alkanes) is 15. The van der Waals surface area contributed by atoms with E-state index in [0.29, 0.717) is 6.42 Å². The van der Waals surface area contributed by atoms with Crippen molar-refractivity contribution in [3.05, 3.63) is 0 Å². The highest BCUT2D eigenvalue weighted by atomic mass is 16.5. The van der Waals surface area contributed by atoms with Crippen molar-refractivity contribution in [1.29, 1.82) is 0 Å². The van der Waals surface area contributed by atoms with E-state index in [9.17, 15) is 9.90 Å². The Bertz CT molecular complexity index is 304. The lowest BCUT2D eigenvalue weighted by Gasteiger charge is -2.10. The molecule has 1 atom stereocenters. The summed E-state index contributed by atoms with van der Waals surface area (Å²) in [5, 5.41) is 10.1. The van der Waals surface area contributed by atoms with E-state index in [1.807, 2.05) is 0 Å². The average Bonchev–Trinajstić information content (AvgIpc) is 2.67. The number of rotatable bonds is 21. The number of ether oxygens (including phenoxy) is 1. The van der Waals surface area contributed by atoms with Crippen molar-refractivity contribution in [2.24, 2.45) is 0 Å². The SMILES string of the molecule is CCCCCCCCCCCCCCC(O)CCCCCCCC(=O)OC. The second-order valence-corrected chi connectivity index (χ2v) is 8.21. The van der Waals surface area contributed by atoms with Crippen LogP contribution in [0, 0.1) is 0 Å². The van der Waals surface area contributed by atoms with Crippen LogP contribution in [-0.2, 0) is 9.53 Å². The molecular weight excluding hydrogens is 336 g/mol. The summed E-state index contributed by atoms with van der Waals surface area (Å²) in [6.45, 7) is 2.27. The van der Waals surface area contributed by atoms with Crippen LogP contribution >= 0.6 is 0 Å². The molecule has 0 aliphatic heterocycles. The molecule has 0 saturated heterocycles. The Hall–Kier alpha value is -0.570. The fourth-order valence-corrected chi connectivity index (χ4v) is 3.65. The summed E-state index contributed by atoms with van der Waals surface area (Å²) >= 11 is 0. The van der Waals surface area contributed by atoms with Crippen LogP contribution in [0.4, 0.5) is 0 Å². The van der Waals surface area contributed by atoms with Gasteiger partial charge in [-0.25, -0.2) is 0 Å². The Morgan fingerprint density at radius 2 is 1.04 bits per heavy atom. The van der Waals surface area contributed by atoms with E-state index >= 15 is 0 Å². The first-order chi connectivity index (χ1) is 13.2. The third-order valence-corrected chi connectivity index (χ3v) is 5.54. The first kappa shape index (κ1) is 26.4. The zero-order chi connectivity index (χ0) is 20.0. The van der Waals surface area contributed by atoms with Gasteiger partial charge in [0.25, 0.3) is 0 Å². The van der Waals surface area contributed by atoms with Gasteiger partial charge in [0.1, 0.15) is 0 Å². The lowest BCUT2D eigenvalue weighted by atomic mass is 10.0. The molecule has 0 aromatic rings. The normalized spacial score (nSPS) is 12.3. The lowest BCUT2D eigenvalue weighted by Crippen LogP contribution is -2.06. The van der Waals surface area contributed by atoms with Crippen LogP contribution in [0.5, 0.6) is 0 Å². The monoisotopic (exact) mass is 384 g/mol. The topological polar surface area (TPSA) is 46.5 Å². The molecule has 1 unspecified atom stereocenters. The van der Waals surface area contributed by atoms with Crippen LogP contribution in [0.15, 0.2) is 0 Å². The number of carbonyl (C=O) groups is 1. The summed E-state index contributed by atoms with van der Waals surface area (Å²) in [5.74, 6) is -0.104. The Morgan fingerprint density at radius 1 is 0.667 bits per heavy atom. The Morgan fingerprint density at radius 3 is 1.44 bits per heavy atom. The van der Waals surface area contributed by atoms with Crippen LogP contribution in [0.2, 0.25) is 0 Å². The lowest BCUT2D eigenvalue weighted by molar-refractivity contribution is -0.140. The smallest absolute Gasteiger partial charge is 0.305 e. The van der Waals surface area contributed by atoms with E-state index in [1.54, 1.807) is 0 Å². The van der Waals surface area contributed by atoms with E-state index in [4.69, 9.17) is 0 Å². The average molecular weight is 385 g/mol. The molecule has 0 aliphatic carbocycles. The summed E-state index contributed by atoms with van der Waals surface area (Å²) in [7, 11) is 1.44. The molecule has 1 N–H and O–H groups in total. The molecule has 0 amide bonds. The first-order valence-corrected chi connectivity index (χ1v) is 12.0. The van der Waals surface area contributed by atoms with Crippen molar-refractivity contribution in [1.82, 2.24) is 0 Å². The Kier molecular flexibility index (Phi) is 21.3. The number of esters is 1. The molecule has 0 aromatic heterocycles. The van der Waals surface area contributed by atoms with E-state index in [-0.39, 0.29) is 12.1 Å². The highest BCUT2D eigenvalue weighted by molar-refractivity contribution is 5.68. The third kappa shape index (κ3) is 21.6. The van der Waals surface area contributed by atoms with Crippen LogP contribution in [0.3, 0.4) is 0 Å². The fourth-order valence-electron chi connectivity index (χ4n) is 3.65. The molecule has 3 heteroatoms. The van der Waals surface area contributed by atoms with E-state index in [2.05, 4.69) is 11.7 Å². The maximum Gasteiger partial charge on any atom is 0.305 e. The van der Waals surface area contributed by atoms with Crippen molar-refractivity contribution in [3.63, 3.8) is 0 Å². The van der Waals surface area contributed by atoms with Crippen LogP contribution < -0.4 is 0 Å². The van der Waals surface area contributed by atoms with Crippen molar-refractivity contribution in [3.8, 4) is 0 Å². The molecule has 0 rings (SSSR count). The Labute approximate surface area is 169 Å². The van der Waals surface area contributed by atoms with Crippen LogP contribution in [-0.4, -0.2) is 24.3 Å². The largest absolute Gasteiger partial charge is 0.469 e. The summed E-state index contributed by atoms with van der Waals surface area (Å²) in [6, 6.07) is 0. The van der Waals surface area contributed by atoms with Gasteiger partial charge in [-0.2, -0.15) is 0 Å². The molecular formula is C24H48O3. The number of methoxy groups -OCH3 is 1. The second-order valence-electron chi connectivity index (χ2n) is 8.21. The Balaban J connectivity index is 3.17. The zero-order valence-electron chi connectivity index (χ0n) is 18.5. The minimum absolute atomic E-state index is 0.104. The molecule has 162 valence electrons. The van der Waals surface area contributed by atoms with Gasteiger partial charge in [0.2, 0.25) is 0 Å². The second kappa shape index (κ2) is 21.7. The minimum Gasteiger partial charge on any atom is -0.469 e. The quantitative estimate of drug-likeness (QED) is 0.166. The fraction of sp³-hybridized carbons (Fsp3) is 0.958. The molecule has 0 heterocycles. The van der Waals surface area contributed by atoms with Crippen molar-refractivity contribution < 1.29 is 14.6 Å². The number of carbonyl (C=O) groups excluding carboxylic acids is 1. The molecule has 0 fully saturated rings. The van der Waals surface area contributed by atoms with Gasteiger partial charge in [-0.1, -0.05) is 110 Å². The number of hydrogen-bond donors (Lipinski definition) is 1. The van der Waals surface area contributed by atoms with Crippen molar-refractivity contribution in [2.75, 3.05) is 7.11 Å². The summed E-state index contributed by atoms with van der Waals surface area (Å²) in [5.41, 5.74) is 0. The molecule has 0 aliphatic rings. The van der Waals surface area contributed by atoms with Gasteiger partial charge < -0.3 is 9.84 Å². The molecule has 0 aromatic carbocycles. The highest BCUT2D eigenvalue weighted by Gasteiger charge is 2.04. The third-order valence-electron chi connectivity index (χ3n) is 5.54.